The quantitative estimate of drug-likeness (QED) is 0.279. The molecule has 3 rings (SSSR count). The fraction of sp³-hybridized carbons (Fsp3) is 0.259. The first-order valence-electron chi connectivity index (χ1n) is 11.9. The molecule has 1 atom stereocenters. The van der Waals surface area contributed by atoms with Gasteiger partial charge in [-0.3, -0.25) is 13.9 Å². The smallest absolute Gasteiger partial charge is 0.264 e. The lowest BCUT2D eigenvalue weighted by Crippen LogP contribution is -2.52. The second-order valence-corrected chi connectivity index (χ2v) is 12.5. The van der Waals surface area contributed by atoms with E-state index in [1.807, 2.05) is 0 Å². The summed E-state index contributed by atoms with van der Waals surface area (Å²) in [6.07, 6.45) is 0. The molecule has 0 bridgehead atoms. The molecule has 3 aromatic rings. The highest BCUT2D eigenvalue weighted by atomic mass is 35.5. The van der Waals surface area contributed by atoms with Crippen molar-refractivity contribution < 1.29 is 18.0 Å². The number of anilines is 1. The standard InChI is InChI=1S/C27H27Cl4N3O4S/c1-17(2)32-27(36)18(3)33(15-19-9-11-22(28)24(30)13-19)26(35)16-34(20-10-12-23(29)25(31)14-20)39(37,38)21-7-5-4-6-8-21/h4-14,17-18H,15-16H2,1-3H3,(H,32,36)/t18-/m1/s1. The Morgan fingerprint density at radius 2 is 1.41 bits per heavy atom. The first-order valence-corrected chi connectivity index (χ1v) is 14.8. The van der Waals surface area contributed by atoms with Gasteiger partial charge in [0.25, 0.3) is 10.0 Å². The zero-order chi connectivity index (χ0) is 28.9. The van der Waals surface area contributed by atoms with Crippen molar-refractivity contribution in [3.63, 3.8) is 0 Å². The second-order valence-electron chi connectivity index (χ2n) is 9.03. The Morgan fingerprint density at radius 3 is 1.97 bits per heavy atom. The van der Waals surface area contributed by atoms with Crippen LogP contribution in [0.1, 0.15) is 26.3 Å². The monoisotopic (exact) mass is 629 g/mol. The van der Waals surface area contributed by atoms with E-state index >= 15 is 0 Å². The van der Waals surface area contributed by atoms with E-state index in [9.17, 15) is 18.0 Å². The van der Waals surface area contributed by atoms with Crippen LogP contribution in [0.2, 0.25) is 20.1 Å². The molecule has 0 fully saturated rings. The van der Waals surface area contributed by atoms with Gasteiger partial charge in [-0.05, 0) is 68.8 Å². The van der Waals surface area contributed by atoms with Crippen LogP contribution in [0.3, 0.4) is 0 Å². The maximum atomic E-state index is 13.9. The van der Waals surface area contributed by atoms with Crippen LogP contribution in [-0.4, -0.2) is 43.8 Å². The number of carbonyl (C=O) groups excluding carboxylic acids is 2. The lowest BCUT2D eigenvalue weighted by Gasteiger charge is -2.32. The predicted octanol–water partition coefficient (Wildman–Crippen LogP) is 6.44. The molecule has 0 aliphatic carbocycles. The first-order chi connectivity index (χ1) is 18.3. The Hall–Kier alpha value is -2.49. The van der Waals surface area contributed by atoms with E-state index in [0.717, 1.165) is 4.31 Å². The molecule has 0 spiro atoms. The lowest BCUT2D eigenvalue weighted by molar-refractivity contribution is -0.139. The van der Waals surface area contributed by atoms with E-state index in [4.69, 9.17) is 46.4 Å². The molecule has 0 aromatic heterocycles. The molecule has 0 saturated carbocycles. The van der Waals surface area contributed by atoms with Crippen LogP contribution in [0.15, 0.2) is 71.6 Å². The van der Waals surface area contributed by atoms with Crippen molar-refractivity contribution in [1.29, 1.82) is 0 Å². The summed E-state index contributed by atoms with van der Waals surface area (Å²) in [6, 6.07) is 15.7. The van der Waals surface area contributed by atoms with Crippen molar-refractivity contribution in [2.75, 3.05) is 10.8 Å². The van der Waals surface area contributed by atoms with Gasteiger partial charge >= 0.3 is 0 Å². The molecule has 0 radical (unpaired) electrons. The van der Waals surface area contributed by atoms with Gasteiger partial charge in [0.05, 0.1) is 30.7 Å². The fourth-order valence-electron chi connectivity index (χ4n) is 3.71. The molecular formula is C27H27Cl4N3O4S. The Labute approximate surface area is 248 Å². The number of amides is 2. The van der Waals surface area contributed by atoms with Gasteiger partial charge in [0.2, 0.25) is 11.8 Å². The number of carbonyl (C=O) groups is 2. The Bertz CT molecular complexity index is 1450. The van der Waals surface area contributed by atoms with E-state index in [0.29, 0.717) is 10.6 Å². The van der Waals surface area contributed by atoms with Crippen molar-refractivity contribution in [2.45, 2.75) is 44.3 Å². The molecule has 0 aliphatic rings. The van der Waals surface area contributed by atoms with Crippen LogP contribution >= 0.6 is 46.4 Å². The average molecular weight is 631 g/mol. The van der Waals surface area contributed by atoms with Crippen molar-refractivity contribution in [1.82, 2.24) is 10.2 Å². The number of sulfonamides is 1. The molecule has 0 unspecified atom stereocenters. The van der Waals surface area contributed by atoms with E-state index in [1.54, 1.807) is 57.2 Å². The van der Waals surface area contributed by atoms with Crippen LogP contribution in [0.25, 0.3) is 0 Å². The summed E-state index contributed by atoms with van der Waals surface area (Å²) in [5, 5.41) is 3.76. The number of nitrogens with one attached hydrogen (secondary N) is 1. The van der Waals surface area contributed by atoms with Crippen LogP contribution in [-0.2, 0) is 26.2 Å². The van der Waals surface area contributed by atoms with Crippen LogP contribution < -0.4 is 9.62 Å². The summed E-state index contributed by atoms with van der Waals surface area (Å²) in [5.74, 6) is -1.02. The van der Waals surface area contributed by atoms with Gasteiger partial charge in [-0.2, -0.15) is 0 Å². The third-order valence-electron chi connectivity index (χ3n) is 5.74. The molecule has 1 N–H and O–H groups in total. The molecule has 39 heavy (non-hydrogen) atoms. The number of halogens is 4. The van der Waals surface area contributed by atoms with Gasteiger partial charge in [0.1, 0.15) is 12.6 Å². The van der Waals surface area contributed by atoms with Crippen molar-refractivity contribution in [3.05, 3.63) is 92.4 Å². The summed E-state index contributed by atoms with van der Waals surface area (Å²) < 4.78 is 28.4. The molecule has 0 saturated heterocycles. The highest BCUT2D eigenvalue weighted by molar-refractivity contribution is 7.92. The number of rotatable bonds is 10. The van der Waals surface area contributed by atoms with E-state index in [2.05, 4.69) is 5.32 Å². The molecule has 2 amide bonds. The van der Waals surface area contributed by atoms with Gasteiger partial charge in [-0.25, -0.2) is 8.42 Å². The normalized spacial score (nSPS) is 12.2. The zero-order valence-electron chi connectivity index (χ0n) is 21.4. The van der Waals surface area contributed by atoms with Crippen LogP contribution in [0.4, 0.5) is 5.69 Å². The maximum absolute atomic E-state index is 13.9. The van der Waals surface area contributed by atoms with Crippen LogP contribution in [0, 0.1) is 0 Å². The molecule has 208 valence electrons. The van der Waals surface area contributed by atoms with Crippen molar-refractivity contribution >= 4 is 73.9 Å². The SMILES string of the molecule is CC(C)NC(=O)[C@@H](C)N(Cc1ccc(Cl)c(Cl)c1)C(=O)CN(c1ccc(Cl)c(Cl)c1)S(=O)(=O)c1ccccc1. The van der Waals surface area contributed by atoms with Gasteiger partial charge in [0.15, 0.2) is 0 Å². The molecule has 3 aromatic carbocycles. The Kier molecular flexibility index (Phi) is 10.5. The summed E-state index contributed by atoms with van der Waals surface area (Å²) in [5.41, 5.74) is 0.740. The highest BCUT2D eigenvalue weighted by Crippen LogP contribution is 2.31. The lowest BCUT2D eigenvalue weighted by atomic mass is 10.1. The molecule has 12 heteroatoms. The van der Waals surface area contributed by atoms with Gasteiger partial charge in [-0.15, -0.1) is 0 Å². The highest BCUT2D eigenvalue weighted by Gasteiger charge is 2.33. The minimum atomic E-state index is -4.22. The van der Waals surface area contributed by atoms with Crippen molar-refractivity contribution in [2.24, 2.45) is 0 Å². The number of benzene rings is 3. The molecular weight excluding hydrogens is 604 g/mol. The predicted molar refractivity (Wildman–Crippen MR) is 157 cm³/mol. The summed E-state index contributed by atoms with van der Waals surface area (Å²) >= 11 is 24.5. The van der Waals surface area contributed by atoms with Gasteiger partial charge in [-0.1, -0.05) is 70.7 Å². The van der Waals surface area contributed by atoms with E-state index < -0.39 is 34.4 Å². The summed E-state index contributed by atoms with van der Waals surface area (Å²) in [4.78, 5) is 28.1. The van der Waals surface area contributed by atoms with Crippen molar-refractivity contribution in [3.8, 4) is 0 Å². The number of hydrogen-bond acceptors (Lipinski definition) is 4. The van der Waals surface area contributed by atoms with Gasteiger partial charge < -0.3 is 10.2 Å². The summed E-state index contributed by atoms with van der Waals surface area (Å²) in [7, 11) is -4.22. The summed E-state index contributed by atoms with van der Waals surface area (Å²) in [6.45, 7) is 4.53. The number of nitrogens with zero attached hydrogens (tertiary/aromatic N) is 2. The third-order valence-corrected chi connectivity index (χ3v) is 9.00. The topological polar surface area (TPSA) is 86.8 Å². The molecule has 0 aliphatic heterocycles. The Balaban J connectivity index is 2.06. The van der Waals surface area contributed by atoms with Crippen LogP contribution in [0.5, 0.6) is 0 Å². The van der Waals surface area contributed by atoms with Gasteiger partial charge in [0, 0.05) is 12.6 Å². The fourth-order valence-corrected chi connectivity index (χ4v) is 5.75. The van der Waals surface area contributed by atoms with E-state index in [1.165, 1.54) is 35.2 Å². The average Bonchev–Trinajstić information content (AvgIpc) is 2.89. The Morgan fingerprint density at radius 1 is 0.821 bits per heavy atom. The molecule has 7 nitrogen and oxygen atoms in total. The minimum absolute atomic E-state index is 0.0227. The minimum Gasteiger partial charge on any atom is -0.352 e. The largest absolute Gasteiger partial charge is 0.352 e. The zero-order valence-corrected chi connectivity index (χ0v) is 25.2. The first kappa shape index (κ1) is 31.0. The second kappa shape index (κ2) is 13.2. The number of hydrogen-bond donors (Lipinski definition) is 1. The van der Waals surface area contributed by atoms with E-state index in [-0.39, 0.29) is 38.2 Å². The maximum Gasteiger partial charge on any atom is 0.264 e. The molecule has 0 heterocycles. The third kappa shape index (κ3) is 7.80.